The predicted molar refractivity (Wildman–Crippen MR) is 56.3 cm³/mol. The van der Waals surface area contributed by atoms with Gasteiger partial charge in [0.25, 0.3) is 0 Å². The van der Waals surface area contributed by atoms with Crippen LogP contribution in [0.3, 0.4) is 0 Å². The van der Waals surface area contributed by atoms with E-state index in [9.17, 15) is 0 Å². The fourth-order valence-electron chi connectivity index (χ4n) is 1.74. The zero-order chi connectivity index (χ0) is 8.97. The Balaban J connectivity index is 2.24. The lowest BCUT2D eigenvalue weighted by Gasteiger charge is -2.33. The van der Waals surface area contributed by atoms with Gasteiger partial charge in [-0.3, -0.25) is 0 Å². The van der Waals surface area contributed by atoms with Crippen LogP contribution >= 0.6 is 12.2 Å². The van der Waals surface area contributed by atoms with Gasteiger partial charge in [0, 0.05) is 19.0 Å². The van der Waals surface area contributed by atoms with Crippen LogP contribution in [0.2, 0.25) is 0 Å². The van der Waals surface area contributed by atoms with E-state index in [-0.39, 0.29) is 0 Å². The number of nitrogens with zero attached hydrogens (tertiary/aromatic N) is 1. The van der Waals surface area contributed by atoms with E-state index in [0.717, 1.165) is 19.0 Å². The van der Waals surface area contributed by atoms with Crippen molar-refractivity contribution in [2.45, 2.75) is 38.6 Å². The van der Waals surface area contributed by atoms with Crippen LogP contribution in [0.5, 0.6) is 0 Å². The van der Waals surface area contributed by atoms with Crippen LogP contribution in [0.4, 0.5) is 0 Å². The molecule has 1 fully saturated rings. The van der Waals surface area contributed by atoms with Gasteiger partial charge in [0.2, 0.25) is 0 Å². The van der Waals surface area contributed by atoms with Crippen LogP contribution < -0.4 is 5.73 Å². The standard InChI is InChI=1S/C9H18N2S/c1-8-4-2-3-6-11(8)7-5-9(10)12/h8H,2-7H2,1H3,(H2,10,12). The molecule has 0 aromatic carbocycles. The first-order valence-corrected chi connectivity index (χ1v) is 5.13. The molecule has 3 heteroatoms. The van der Waals surface area contributed by atoms with E-state index in [1.807, 2.05) is 0 Å². The summed E-state index contributed by atoms with van der Waals surface area (Å²) >= 11 is 4.85. The van der Waals surface area contributed by atoms with Crippen molar-refractivity contribution in [3.8, 4) is 0 Å². The lowest BCUT2D eigenvalue weighted by molar-refractivity contribution is 0.165. The number of hydrogen-bond donors (Lipinski definition) is 1. The third-order valence-electron chi connectivity index (χ3n) is 2.59. The van der Waals surface area contributed by atoms with Gasteiger partial charge in [-0.25, -0.2) is 0 Å². The second-order valence-electron chi connectivity index (χ2n) is 3.60. The molecule has 0 bridgehead atoms. The van der Waals surface area contributed by atoms with Crippen LogP contribution in [0.15, 0.2) is 0 Å². The molecule has 70 valence electrons. The van der Waals surface area contributed by atoms with Crippen molar-refractivity contribution < 1.29 is 0 Å². The molecule has 0 aliphatic carbocycles. The minimum Gasteiger partial charge on any atom is -0.393 e. The molecule has 1 aliphatic rings. The van der Waals surface area contributed by atoms with E-state index in [1.54, 1.807) is 0 Å². The number of nitrogens with two attached hydrogens (primary N) is 1. The predicted octanol–water partition coefficient (Wildman–Crippen LogP) is 1.54. The Morgan fingerprint density at radius 2 is 2.33 bits per heavy atom. The molecule has 0 saturated carbocycles. The van der Waals surface area contributed by atoms with E-state index in [2.05, 4.69) is 11.8 Å². The van der Waals surface area contributed by atoms with E-state index in [1.165, 1.54) is 25.8 Å². The first-order valence-electron chi connectivity index (χ1n) is 4.72. The molecule has 0 aromatic rings. The Hall–Kier alpha value is -0.150. The SMILES string of the molecule is CC1CCCCN1CCC(N)=S. The summed E-state index contributed by atoms with van der Waals surface area (Å²) in [7, 11) is 0. The zero-order valence-corrected chi connectivity index (χ0v) is 8.57. The zero-order valence-electron chi connectivity index (χ0n) is 7.75. The summed E-state index contributed by atoms with van der Waals surface area (Å²) in [5.74, 6) is 0. The highest BCUT2D eigenvalue weighted by Crippen LogP contribution is 2.16. The molecule has 0 spiro atoms. The summed E-state index contributed by atoms with van der Waals surface area (Å²) in [6, 6.07) is 0.730. The maximum atomic E-state index is 5.46. The molecule has 1 saturated heterocycles. The van der Waals surface area contributed by atoms with Crippen molar-refractivity contribution in [2.24, 2.45) is 5.73 Å². The van der Waals surface area contributed by atoms with Crippen LogP contribution in [-0.4, -0.2) is 29.0 Å². The Bertz CT molecular complexity index is 159. The Kier molecular flexibility index (Phi) is 3.95. The average molecular weight is 186 g/mol. The lowest BCUT2D eigenvalue weighted by atomic mass is 10.0. The summed E-state index contributed by atoms with van der Waals surface area (Å²) in [5.41, 5.74) is 5.46. The van der Waals surface area contributed by atoms with Crippen molar-refractivity contribution in [1.29, 1.82) is 0 Å². The maximum Gasteiger partial charge on any atom is 0.0740 e. The van der Waals surface area contributed by atoms with Crippen molar-refractivity contribution >= 4 is 17.2 Å². The summed E-state index contributed by atoms with van der Waals surface area (Å²) in [6.45, 7) is 4.57. The summed E-state index contributed by atoms with van der Waals surface area (Å²) in [5, 5.41) is 0. The van der Waals surface area contributed by atoms with Gasteiger partial charge in [-0.05, 0) is 26.3 Å². The molecular formula is C9H18N2S. The highest BCUT2D eigenvalue weighted by molar-refractivity contribution is 7.80. The van der Waals surface area contributed by atoms with Gasteiger partial charge in [-0.2, -0.15) is 0 Å². The summed E-state index contributed by atoms with van der Waals surface area (Å²) in [4.78, 5) is 3.13. The van der Waals surface area contributed by atoms with Gasteiger partial charge in [-0.15, -0.1) is 0 Å². The van der Waals surface area contributed by atoms with Crippen LogP contribution in [0.25, 0.3) is 0 Å². The maximum absolute atomic E-state index is 5.46. The molecule has 0 amide bonds. The molecule has 2 nitrogen and oxygen atoms in total. The molecule has 0 radical (unpaired) electrons. The Morgan fingerprint density at radius 1 is 1.58 bits per heavy atom. The smallest absolute Gasteiger partial charge is 0.0740 e. The van der Waals surface area contributed by atoms with Gasteiger partial charge in [0.15, 0.2) is 0 Å². The third-order valence-corrected chi connectivity index (χ3v) is 2.79. The fourth-order valence-corrected chi connectivity index (χ4v) is 1.83. The van der Waals surface area contributed by atoms with Crippen molar-refractivity contribution in [3.63, 3.8) is 0 Å². The normalized spacial score (nSPS) is 25.6. The van der Waals surface area contributed by atoms with E-state index >= 15 is 0 Å². The van der Waals surface area contributed by atoms with Crippen LogP contribution in [-0.2, 0) is 0 Å². The minimum atomic E-state index is 0.646. The number of hydrogen-bond acceptors (Lipinski definition) is 2. The van der Waals surface area contributed by atoms with Crippen molar-refractivity contribution in [2.75, 3.05) is 13.1 Å². The number of rotatable bonds is 3. The molecule has 1 atom stereocenters. The largest absolute Gasteiger partial charge is 0.393 e. The average Bonchev–Trinajstić information content (AvgIpc) is 2.03. The first kappa shape index (κ1) is 9.93. The van der Waals surface area contributed by atoms with E-state index < -0.39 is 0 Å². The van der Waals surface area contributed by atoms with Crippen molar-refractivity contribution in [1.82, 2.24) is 4.90 Å². The second kappa shape index (κ2) is 4.77. The Morgan fingerprint density at radius 3 is 2.92 bits per heavy atom. The van der Waals surface area contributed by atoms with Gasteiger partial charge in [0.1, 0.15) is 0 Å². The number of thiocarbonyl (C=S) groups is 1. The third kappa shape index (κ3) is 3.07. The topological polar surface area (TPSA) is 29.3 Å². The van der Waals surface area contributed by atoms with Gasteiger partial charge in [0.05, 0.1) is 4.99 Å². The fraction of sp³-hybridized carbons (Fsp3) is 0.889. The first-order chi connectivity index (χ1) is 5.70. The second-order valence-corrected chi connectivity index (χ2v) is 4.12. The highest BCUT2D eigenvalue weighted by Gasteiger charge is 2.17. The van der Waals surface area contributed by atoms with Crippen LogP contribution in [0, 0.1) is 0 Å². The summed E-state index contributed by atoms with van der Waals surface area (Å²) < 4.78 is 0. The van der Waals surface area contributed by atoms with Gasteiger partial charge < -0.3 is 10.6 Å². The Labute approximate surface area is 80.1 Å². The highest BCUT2D eigenvalue weighted by atomic mass is 32.1. The molecule has 2 N–H and O–H groups in total. The molecule has 1 unspecified atom stereocenters. The lowest BCUT2D eigenvalue weighted by Crippen LogP contribution is -2.39. The molecule has 1 heterocycles. The molecule has 0 aromatic heterocycles. The van der Waals surface area contributed by atoms with Crippen molar-refractivity contribution in [3.05, 3.63) is 0 Å². The van der Waals surface area contributed by atoms with E-state index in [4.69, 9.17) is 18.0 Å². The van der Waals surface area contributed by atoms with Gasteiger partial charge >= 0.3 is 0 Å². The quantitative estimate of drug-likeness (QED) is 0.678. The number of piperidine rings is 1. The minimum absolute atomic E-state index is 0.646. The summed E-state index contributed by atoms with van der Waals surface area (Å²) in [6.07, 6.45) is 4.92. The molecular weight excluding hydrogens is 168 g/mol. The number of likely N-dealkylation sites (tertiary alicyclic amines) is 1. The van der Waals surface area contributed by atoms with Crippen LogP contribution in [0.1, 0.15) is 32.6 Å². The van der Waals surface area contributed by atoms with Gasteiger partial charge in [-0.1, -0.05) is 18.6 Å². The molecule has 1 aliphatic heterocycles. The monoisotopic (exact) mass is 186 g/mol. The molecule has 1 rings (SSSR count). The molecule has 12 heavy (non-hydrogen) atoms. The van der Waals surface area contributed by atoms with E-state index in [0.29, 0.717) is 4.99 Å².